The summed E-state index contributed by atoms with van der Waals surface area (Å²) in [4.78, 5) is 10.9. The number of rotatable bonds is 2. The highest BCUT2D eigenvalue weighted by Crippen LogP contribution is 2.65. The predicted molar refractivity (Wildman–Crippen MR) is 67.2 cm³/mol. The Morgan fingerprint density at radius 1 is 1.50 bits per heavy atom. The summed E-state index contributed by atoms with van der Waals surface area (Å²) in [7, 11) is 0. The normalized spacial score (nSPS) is 26.5. The lowest BCUT2D eigenvalue weighted by molar-refractivity contribution is -0.138. The monoisotopic (exact) mass is 322 g/mol. The molecule has 2 atom stereocenters. The van der Waals surface area contributed by atoms with Crippen molar-refractivity contribution < 1.29 is 9.90 Å². The van der Waals surface area contributed by atoms with Gasteiger partial charge in [-0.15, -0.1) is 0 Å². The number of hydrogen-bond acceptors (Lipinski definition) is 1. The van der Waals surface area contributed by atoms with Crippen molar-refractivity contribution in [3.05, 3.63) is 33.8 Å². The second-order valence-electron chi connectivity index (χ2n) is 3.98. The van der Waals surface area contributed by atoms with Crippen molar-refractivity contribution in [1.82, 2.24) is 0 Å². The zero-order chi connectivity index (χ0) is 12.1. The Bertz CT molecular complexity index is 459. The van der Waals surface area contributed by atoms with E-state index < -0.39 is 16.2 Å². The standard InChI is InChI=1S/C11H9BrCl2O2/c1-5-4-6(2-3-7(5)12)8-9(10(15)16)11(8,13)14/h2-4,8-9H,1H3,(H,15,16). The van der Waals surface area contributed by atoms with E-state index in [4.69, 9.17) is 28.3 Å². The van der Waals surface area contributed by atoms with Crippen LogP contribution < -0.4 is 0 Å². The molecule has 1 fully saturated rings. The van der Waals surface area contributed by atoms with Gasteiger partial charge in [-0.25, -0.2) is 0 Å². The molecule has 2 nitrogen and oxygen atoms in total. The second kappa shape index (κ2) is 3.90. The number of halogens is 3. The van der Waals surface area contributed by atoms with E-state index in [0.717, 1.165) is 15.6 Å². The maximum Gasteiger partial charge on any atom is 0.310 e. The van der Waals surface area contributed by atoms with Crippen LogP contribution in [0.4, 0.5) is 0 Å². The molecule has 2 unspecified atom stereocenters. The van der Waals surface area contributed by atoms with Crippen LogP contribution in [0, 0.1) is 12.8 Å². The van der Waals surface area contributed by atoms with Crippen LogP contribution in [-0.2, 0) is 4.79 Å². The van der Waals surface area contributed by atoms with Crippen LogP contribution in [0.1, 0.15) is 17.0 Å². The fourth-order valence-corrected chi connectivity index (χ4v) is 2.97. The highest BCUT2D eigenvalue weighted by Gasteiger charge is 2.68. The van der Waals surface area contributed by atoms with Gasteiger partial charge in [0.25, 0.3) is 0 Å². The molecule has 0 bridgehead atoms. The van der Waals surface area contributed by atoms with Crippen molar-refractivity contribution in [2.75, 3.05) is 0 Å². The smallest absolute Gasteiger partial charge is 0.310 e. The van der Waals surface area contributed by atoms with Crippen molar-refractivity contribution in [1.29, 1.82) is 0 Å². The summed E-state index contributed by atoms with van der Waals surface area (Å²) in [6.45, 7) is 1.94. The summed E-state index contributed by atoms with van der Waals surface area (Å²) in [5.41, 5.74) is 1.91. The van der Waals surface area contributed by atoms with Crippen molar-refractivity contribution in [2.45, 2.75) is 17.2 Å². The number of aryl methyl sites for hydroxylation is 1. The zero-order valence-electron chi connectivity index (χ0n) is 8.38. The summed E-state index contributed by atoms with van der Waals surface area (Å²) in [5.74, 6) is -1.98. The van der Waals surface area contributed by atoms with E-state index in [9.17, 15) is 4.79 Å². The number of carboxylic acids is 1. The number of carboxylic acid groups (broad SMARTS) is 1. The maximum atomic E-state index is 10.9. The molecule has 86 valence electrons. The molecule has 1 aliphatic carbocycles. The number of carbonyl (C=O) groups is 1. The summed E-state index contributed by atoms with van der Waals surface area (Å²) >= 11 is 15.3. The van der Waals surface area contributed by atoms with Crippen molar-refractivity contribution >= 4 is 45.1 Å². The van der Waals surface area contributed by atoms with Crippen LogP contribution in [0.15, 0.2) is 22.7 Å². The number of alkyl halides is 2. The molecule has 2 rings (SSSR count). The average molecular weight is 324 g/mol. The predicted octanol–water partition coefficient (Wildman–Crippen LogP) is 3.73. The number of aliphatic carboxylic acids is 1. The summed E-state index contributed by atoms with van der Waals surface area (Å²) in [6, 6.07) is 5.65. The van der Waals surface area contributed by atoms with Gasteiger partial charge in [-0.3, -0.25) is 4.79 Å². The Morgan fingerprint density at radius 2 is 2.12 bits per heavy atom. The first-order chi connectivity index (χ1) is 7.35. The van der Waals surface area contributed by atoms with Crippen LogP contribution in [0.5, 0.6) is 0 Å². The lowest BCUT2D eigenvalue weighted by Gasteiger charge is -2.03. The van der Waals surface area contributed by atoms with Crippen LogP contribution in [-0.4, -0.2) is 15.4 Å². The van der Waals surface area contributed by atoms with Gasteiger partial charge < -0.3 is 5.11 Å². The van der Waals surface area contributed by atoms with Crippen LogP contribution >= 0.6 is 39.1 Å². The van der Waals surface area contributed by atoms with Gasteiger partial charge in [0.1, 0.15) is 4.33 Å². The molecule has 0 aromatic heterocycles. The minimum absolute atomic E-state index is 0.319. The quantitative estimate of drug-likeness (QED) is 0.842. The molecule has 1 aliphatic rings. The fourth-order valence-electron chi connectivity index (χ4n) is 1.91. The Hall–Kier alpha value is -0.250. The lowest BCUT2D eigenvalue weighted by Crippen LogP contribution is -2.03. The van der Waals surface area contributed by atoms with Gasteiger partial charge in [0.15, 0.2) is 0 Å². The Labute approximate surface area is 112 Å². The lowest BCUT2D eigenvalue weighted by atomic mass is 10.1. The SMILES string of the molecule is Cc1cc(C2C(C(=O)O)C2(Cl)Cl)ccc1Br. The molecule has 0 saturated heterocycles. The van der Waals surface area contributed by atoms with Gasteiger partial charge >= 0.3 is 5.97 Å². The third-order valence-corrected chi connectivity index (χ3v) is 4.69. The first kappa shape index (κ1) is 12.2. The fraction of sp³-hybridized carbons (Fsp3) is 0.364. The van der Waals surface area contributed by atoms with Crippen LogP contribution in [0.3, 0.4) is 0 Å². The Morgan fingerprint density at radius 3 is 2.56 bits per heavy atom. The molecular weight excluding hydrogens is 315 g/mol. The van der Waals surface area contributed by atoms with Crippen molar-refractivity contribution in [3.63, 3.8) is 0 Å². The van der Waals surface area contributed by atoms with E-state index in [2.05, 4.69) is 15.9 Å². The molecular formula is C11H9BrCl2O2. The van der Waals surface area contributed by atoms with Crippen LogP contribution in [0.2, 0.25) is 0 Å². The molecule has 0 aliphatic heterocycles. The van der Waals surface area contributed by atoms with E-state index in [-0.39, 0.29) is 5.92 Å². The van der Waals surface area contributed by atoms with Crippen molar-refractivity contribution in [2.24, 2.45) is 5.92 Å². The molecule has 16 heavy (non-hydrogen) atoms. The first-order valence-electron chi connectivity index (χ1n) is 4.72. The Kier molecular flexibility index (Phi) is 2.97. The minimum atomic E-state index is -1.17. The van der Waals surface area contributed by atoms with E-state index in [1.54, 1.807) is 0 Å². The number of hydrogen-bond donors (Lipinski definition) is 1. The van der Waals surface area contributed by atoms with Gasteiger partial charge in [-0.2, -0.15) is 0 Å². The molecule has 0 heterocycles. The first-order valence-corrected chi connectivity index (χ1v) is 6.27. The van der Waals surface area contributed by atoms with Gasteiger partial charge in [0.05, 0.1) is 5.92 Å². The van der Waals surface area contributed by atoms with Gasteiger partial charge in [0, 0.05) is 10.4 Å². The zero-order valence-corrected chi connectivity index (χ0v) is 11.5. The molecule has 0 amide bonds. The highest BCUT2D eigenvalue weighted by atomic mass is 79.9. The minimum Gasteiger partial charge on any atom is -0.481 e. The average Bonchev–Trinajstić information content (AvgIpc) is 2.74. The van der Waals surface area contributed by atoms with Gasteiger partial charge in [-0.05, 0) is 24.1 Å². The topological polar surface area (TPSA) is 37.3 Å². The van der Waals surface area contributed by atoms with Gasteiger partial charge in [0.2, 0.25) is 0 Å². The highest BCUT2D eigenvalue weighted by molar-refractivity contribution is 9.10. The van der Waals surface area contributed by atoms with Gasteiger partial charge in [-0.1, -0.05) is 51.3 Å². The summed E-state index contributed by atoms with van der Waals surface area (Å²) in [6.07, 6.45) is 0. The molecule has 0 spiro atoms. The third kappa shape index (κ3) is 1.85. The van der Waals surface area contributed by atoms with E-state index in [1.807, 2.05) is 25.1 Å². The Balaban J connectivity index is 2.33. The van der Waals surface area contributed by atoms with E-state index in [1.165, 1.54) is 0 Å². The molecule has 1 aromatic carbocycles. The van der Waals surface area contributed by atoms with E-state index in [0.29, 0.717) is 0 Å². The molecule has 5 heteroatoms. The summed E-state index contributed by atoms with van der Waals surface area (Å²) in [5, 5.41) is 8.97. The number of benzene rings is 1. The molecule has 1 N–H and O–H groups in total. The maximum absolute atomic E-state index is 10.9. The second-order valence-corrected chi connectivity index (χ2v) is 6.28. The summed E-state index contributed by atoms with van der Waals surface area (Å²) < 4.78 is -0.190. The van der Waals surface area contributed by atoms with Crippen LogP contribution in [0.25, 0.3) is 0 Å². The molecule has 1 saturated carbocycles. The molecule has 1 aromatic rings. The van der Waals surface area contributed by atoms with Crippen molar-refractivity contribution in [3.8, 4) is 0 Å². The van der Waals surface area contributed by atoms with E-state index >= 15 is 0 Å². The largest absolute Gasteiger partial charge is 0.481 e. The molecule has 0 radical (unpaired) electrons. The third-order valence-electron chi connectivity index (χ3n) is 2.86.